The molecule has 0 unspecified atom stereocenters. The van der Waals surface area contributed by atoms with Crippen LogP contribution in [0.1, 0.15) is 10.4 Å². The molecular weight excluding hydrogens is 226 g/mol. The molecule has 92 valence electrons. The van der Waals surface area contributed by atoms with Gasteiger partial charge in [-0.15, -0.1) is 0 Å². The van der Waals surface area contributed by atoms with Crippen molar-refractivity contribution in [3.8, 4) is 16.9 Å². The number of aromatic hydroxyl groups is 1. The van der Waals surface area contributed by atoms with Crippen molar-refractivity contribution in [2.45, 2.75) is 0 Å². The van der Waals surface area contributed by atoms with E-state index in [2.05, 4.69) is 0 Å². The summed E-state index contributed by atoms with van der Waals surface area (Å²) >= 11 is 0. The first-order chi connectivity index (χ1) is 8.59. The third-order valence-electron chi connectivity index (χ3n) is 2.74. The maximum Gasteiger partial charge on any atom is 0.257 e. The molecule has 3 heteroatoms. The molecule has 2 aromatic rings. The topological polar surface area (TPSA) is 40.5 Å². The summed E-state index contributed by atoms with van der Waals surface area (Å²) in [4.78, 5) is 13.4. The lowest BCUT2D eigenvalue weighted by atomic mass is 10.0. The Kier molecular flexibility index (Phi) is 3.33. The lowest BCUT2D eigenvalue weighted by Crippen LogP contribution is -2.21. The summed E-state index contributed by atoms with van der Waals surface area (Å²) in [7, 11) is 3.33. The zero-order chi connectivity index (χ0) is 13.1. The summed E-state index contributed by atoms with van der Waals surface area (Å²) < 4.78 is 0. The predicted octanol–water partition coefficient (Wildman–Crippen LogP) is 2.76. The number of nitrogens with zero attached hydrogens (tertiary/aromatic N) is 1. The van der Waals surface area contributed by atoms with Crippen LogP contribution in [-0.4, -0.2) is 30.0 Å². The molecule has 0 aliphatic heterocycles. The standard InChI is InChI=1S/C15H15NO2/c1-16(2)15(18)13-10-12(8-9-14(13)17)11-6-4-3-5-7-11/h3-10,17H,1-2H3. The van der Waals surface area contributed by atoms with Crippen molar-refractivity contribution in [2.75, 3.05) is 14.1 Å². The highest BCUT2D eigenvalue weighted by atomic mass is 16.3. The smallest absolute Gasteiger partial charge is 0.257 e. The van der Waals surface area contributed by atoms with Crippen LogP contribution in [0, 0.1) is 0 Å². The molecule has 1 amide bonds. The second-order valence-electron chi connectivity index (χ2n) is 4.30. The normalized spacial score (nSPS) is 10.1. The van der Waals surface area contributed by atoms with Gasteiger partial charge in [0.15, 0.2) is 0 Å². The van der Waals surface area contributed by atoms with Crippen LogP contribution in [0.15, 0.2) is 48.5 Å². The molecule has 0 aliphatic rings. The lowest BCUT2D eigenvalue weighted by Gasteiger charge is -2.12. The summed E-state index contributed by atoms with van der Waals surface area (Å²) in [6, 6.07) is 14.8. The van der Waals surface area contributed by atoms with Gasteiger partial charge in [0.2, 0.25) is 0 Å². The van der Waals surface area contributed by atoms with Crippen molar-refractivity contribution in [1.29, 1.82) is 0 Å². The van der Waals surface area contributed by atoms with Gasteiger partial charge in [-0.25, -0.2) is 0 Å². The molecule has 0 aromatic heterocycles. The molecule has 2 aromatic carbocycles. The van der Waals surface area contributed by atoms with E-state index in [1.165, 1.54) is 4.90 Å². The number of carbonyl (C=O) groups excluding carboxylic acids is 1. The molecule has 0 radical (unpaired) electrons. The average molecular weight is 241 g/mol. The van der Waals surface area contributed by atoms with Gasteiger partial charge >= 0.3 is 0 Å². The summed E-state index contributed by atoms with van der Waals surface area (Å²) in [5, 5.41) is 9.75. The van der Waals surface area contributed by atoms with Crippen LogP contribution < -0.4 is 0 Å². The second kappa shape index (κ2) is 4.92. The molecule has 3 nitrogen and oxygen atoms in total. The molecule has 0 bridgehead atoms. The second-order valence-corrected chi connectivity index (χ2v) is 4.30. The highest BCUT2D eigenvalue weighted by molar-refractivity contribution is 5.97. The van der Waals surface area contributed by atoms with Crippen LogP contribution >= 0.6 is 0 Å². The Balaban J connectivity index is 2.48. The van der Waals surface area contributed by atoms with E-state index < -0.39 is 0 Å². The van der Waals surface area contributed by atoms with Gasteiger partial charge in [-0.2, -0.15) is 0 Å². The molecule has 0 aliphatic carbocycles. The predicted molar refractivity (Wildman–Crippen MR) is 71.6 cm³/mol. The zero-order valence-electron chi connectivity index (χ0n) is 10.4. The van der Waals surface area contributed by atoms with Gasteiger partial charge in [0.25, 0.3) is 5.91 Å². The maximum absolute atomic E-state index is 11.9. The van der Waals surface area contributed by atoms with Gasteiger partial charge in [-0.3, -0.25) is 4.79 Å². The fraction of sp³-hybridized carbons (Fsp3) is 0.133. The first-order valence-corrected chi connectivity index (χ1v) is 5.69. The van der Waals surface area contributed by atoms with Crippen LogP contribution in [0.25, 0.3) is 11.1 Å². The van der Waals surface area contributed by atoms with E-state index in [-0.39, 0.29) is 11.7 Å². The van der Waals surface area contributed by atoms with E-state index in [1.54, 1.807) is 32.3 Å². The minimum Gasteiger partial charge on any atom is -0.507 e. The SMILES string of the molecule is CN(C)C(=O)c1cc(-c2ccccc2)ccc1O. The van der Waals surface area contributed by atoms with Crippen LogP contribution in [0.4, 0.5) is 0 Å². The van der Waals surface area contributed by atoms with Gasteiger partial charge in [0.1, 0.15) is 5.75 Å². The van der Waals surface area contributed by atoms with Crippen molar-refractivity contribution in [2.24, 2.45) is 0 Å². The highest BCUT2D eigenvalue weighted by Crippen LogP contribution is 2.26. The average Bonchev–Trinajstić information content (AvgIpc) is 2.39. The number of hydrogen-bond donors (Lipinski definition) is 1. The van der Waals surface area contributed by atoms with Crippen molar-refractivity contribution in [3.05, 3.63) is 54.1 Å². The van der Waals surface area contributed by atoms with Gasteiger partial charge in [0, 0.05) is 14.1 Å². The molecule has 18 heavy (non-hydrogen) atoms. The van der Waals surface area contributed by atoms with Crippen LogP contribution in [0.5, 0.6) is 5.75 Å². The fourth-order valence-electron chi connectivity index (χ4n) is 1.76. The van der Waals surface area contributed by atoms with Crippen LogP contribution in [-0.2, 0) is 0 Å². The minimum absolute atomic E-state index is 0.00776. The number of carbonyl (C=O) groups is 1. The van der Waals surface area contributed by atoms with Gasteiger partial charge in [-0.1, -0.05) is 36.4 Å². The highest BCUT2D eigenvalue weighted by Gasteiger charge is 2.14. The quantitative estimate of drug-likeness (QED) is 0.878. The molecule has 0 spiro atoms. The number of phenols is 1. The minimum atomic E-state index is -0.203. The van der Waals surface area contributed by atoms with Crippen molar-refractivity contribution >= 4 is 5.91 Å². The van der Waals surface area contributed by atoms with Crippen molar-refractivity contribution in [1.82, 2.24) is 4.90 Å². The summed E-state index contributed by atoms with van der Waals surface area (Å²) in [5.74, 6) is -0.196. The van der Waals surface area contributed by atoms with E-state index in [4.69, 9.17) is 0 Å². The third kappa shape index (κ3) is 2.35. The number of phenolic OH excluding ortho intramolecular Hbond substituents is 1. The van der Waals surface area contributed by atoms with Crippen LogP contribution in [0.3, 0.4) is 0 Å². The molecule has 0 saturated carbocycles. The Bertz CT molecular complexity index is 562. The van der Waals surface area contributed by atoms with E-state index >= 15 is 0 Å². The lowest BCUT2D eigenvalue weighted by molar-refractivity contribution is 0.0824. The van der Waals surface area contributed by atoms with Gasteiger partial charge < -0.3 is 10.0 Å². The number of benzene rings is 2. The summed E-state index contributed by atoms with van der Waals surface area (Å²) in [6.45, 7) is 0. The number of amides is 1. The Morgan fingerprint density at radius 1 is 1.00 bits per heavy atom. The molecule has 0 atom stereocenters. The van der Waals surface area contributed by atoms with E-state index in [0.29, 0.717) is 5.56 Å². The molecule has 0 heterocycles. The Morgan fingerprint density at radius 3 is 2.28 bits per heavy atom. The molecule has 0 fully saturated rings. The van der Waals surface area contributed by atoms with E-state index in [9.17, 15) is 9.90 Å². The Labute approximate surface area is 106 Å². The monoisotopic (exact) mass is 241 g/mol. The Hall–Kier alpha value is -2.29. The number of rotatable bonds is 2. The van der Waals surface area contributed by atoms with Gasteiger partial charge in [0.05, 0.1) is 5.56 Å². The van der Waals surface area contributed by atoms with Crippen molar-refractivity contribution < 1.29 is 9.90 Å². The molecule has 1 N–H and O–H groups in total. The Morgan fingerprint density at radius 2 is 1.67 bits per heavy atom. The van der Waals surface area contributed by atoms with Crippen molar-refractivity contribution in [3.63, 3.8) is 0 Å². The van der Waals surface area contributed by atoms with E-state index in [0.717, 1.165) is 11.1 Å². The largest absolute Gasteiger partial charge is 0.507 e. The summed E-state index contributed by atoms with van der Waals surface area (Å²) in [6.07, 6.45) is 0. The molecular formula is C15H15NO2. The summed E-state index contributed by atoms with van der Waals surface area (Å²) in [5.41, 5.74) is 2.25. The third-order valence-corrected chi connectivity index (χ3v) is 2.74. The van der Waals surface area contributed by atoms with E-state index in [1.807, 2.05) is 30.3 Å². The zero-order valence-corrected chi connectivity index (χ0v) is 10.4. The first kappa shape index (κ1) is 12.2. The van der Waals surface area contributed by atoms with Gasteiger partial charge in [-0.05, 0) is 23.3 Å². The molecule has 0 saturated heterocycles. The first-order valence-electron chi connectivity index (χ1n) is 5.69. The fourth-order valence-corrected chi connectivity index (χ4v) is 1.76. The van der Waals surface area contributed by atoms with Crippen LogP contribution in [0.2, 0.25) is 0 Å². The molecule has 2 rings (SSSR count). The number of hydrogen-bond acceptors (Lipinski definition) is 2. The maximum atomic E-state index is 11.9.